The number of aromatic nitrogens is 2. The van der Waals surface area contributed by atoms with Crippen LogP contribution in [0.1, 0.15) is 5.56 Å². The maximum absolute atomic E-state index is 10.3. The first-order chi connectivity index (χ1) is 13.3. The van der Waals surface area contributed by atoms with Crippen molar-refractivity contribution in [2.75, 3.05) is 26.2 Å². The van der Waals surface area contributed by atoms with Crippen LogP contribution in [0.5, 0.6) is 5.75 Å². The van der Waals surface area contributed by atoms with Gasteiger partial charge in [0.2, 0.25) is 0 Å². The number of phenols is 1. The summed E-state index contributed by atoms with van der Waals surface area (Å²) in [6, 6.07) is 7.01. The van der Waals surface area contributed by atoms with Gasteiger partial charge >= 0.3 is 0 Å². The van der Waals surface area contributed by atoms with Crippen LogP contribution in [0.2, 0.25) is 0 Å². The molecule has 0 saturated carbocycles. The molecule has 4 rings (SSSR count). The number of aromatic hydroxyl groups is 1. The Balaban J connectivity index is 1.51. The third-order valence-corrected chi connectivity index (χ3v) is 5.68. The molecule has 28 heavy (non-hydrogen) atoms. The molecule has 2 saturated heterocycles. The number of nitrogens with two attached hydrogens (primary N) is 4. The highest BCUT2D eigenvalue weighted by atomic mass is 16.3. The molecule has 148 valence electrons. The maximum atomic E-state index is 10.3. The third-order valence-electron chi connectivity index (χ3n) is 5.68. The highest BCUT2D eigenvalue weighted by Gasteiger charge is 2.56. The highest BCUT2D eigenvalue weighted by Crippen LogP contribution is 2.32. The summed E-state index contributed by atoms with van der Waals surface area (Å²) in [6.45, 7) is 2.50. The summed E-state index contributed by atoms with van der Waals surface area (Å²) < 4.78 is 1.66. The van der Waals surface area contributed by atoms with Gasteiger partial charge in [0, 0.05) is 55.9 Å². The molecule has 0 radical (unpaired) electrons. The standard InChI is InChI=1S/C19H26N8O/c20-15(14-3-2-13(8-16(14)28)27-7-1-6-25-27)4-5-17(21)26-11-18(22)9-24-10-19(18,23)12-26/h1-8,24,28H,9-12,20-23H2/b15-4-,17-5+/t18-,19+. The topological polar surface area (TPSA) is 157 Å². The minimum Gasteiger partial charge on any atom is -0.507 e. The Morgan fingerprint density at radius 3 is 2.46 bits per heavy atom. The summed E-state index contributed by atoms with van der Waals surface area (Å²) >= 11 is 0. The zero-order chi connectivity index (χ0) is 19.9. The lowest BCUT2D eigenvalue weighted by Gasteiger charge is -2.30. The Labute approximate surface area is 163 Å². The molecule has 10 N–H and O–H groups in total. The van der Waals surface area contributed by atoms with Crippen LogP contribution in [0.25, 0.3) is 11.4 Å². The lowest BCUT2D eigenvalue weighted by molar-refractivity contribution is 0.367. The van der Waals surface area contributed by atoms with Crippen molar-refractivity contribution in [1.29, 1.82) is 0 Å². The molecule has 0 amide bonds. The Morgan fingerprint density at radius 2 is 1.86 bits per heavy atom. The van der Waals surface area contributed by atoms with Gasteiger partial charge in [-0.25, -0.2) is 4.68 Å². The smallest absolute Gasteiger partial charge is 0.127 e. The van der Waals surface area contributed by atoms with E-state index < -0.39 is 11.1 Å². The molecule has 0 aliphatic carbocycles. The summed E-state index contributed by atoms with van der Waals surface area (Å²) in [5.74, 6) is 0.608. The van der Waals surface area contributed by atoms with Crippen LogP contribution in [0, 0.1) is 0 Å². The number of rotatable bonds is 4. The Hall–Kier alpha value is -3.01. The lowest BCUT2D eigenvalue weighted by atomic mass is 9.85. The van der Waals surface area contributed by atoms with E-state index in [4.69, 9.17) is 22.9 Å². The largest absolute Gasteiger partial charge is 0.507 e. The van der Waals surface area contributed by atoms with Crippen molar-refractivity contribution in [2.45, 2.75) is 11.1 Å². The molecular weight excluding hydrogens is 356 g/mol. The van der Waals surface area contributed by atoms with Gasteiger partial charge in [-0.05, 0) is 30.4 Å². The number of hydrogen-bond donors (Lipinski definition) is 6. The first-order valence-corrected chi connectivity index (χ1v) is 9.11. The van der Waals surface area contributed by atoms with Gasteiger partial charge in [-0.3, -0.25) is 0 Å². The average Bonchev–Trinajstić information content (AvgIpc) is 3.33. The van der Waals surface area contributed by atoms with E-state index in [0.29, 0.717) is 43.3 Å². The number of benzene rings is 1. The lowest BCUT2D eigenvalue weighted by Crippen LogP contribution is -2.64. The van der Waals surface area contributed by atoms with Gasteiger partial charge in [0.05, 0.1) is 22.6 Å². The van der Waals surface area contributed by atoms with Gasteiger partial charge in [-0.1, -0.05) is 0 Å². The normalized spacial score (nSPS) is 28.0. The molecule has 2 fully saturated rings. The zero-order valence-corrected chi connectivity index (χ0v) is 15.5. The van der Waals surface area contributed by atoms with Crippen molar-refractivity contribution in [1.82, 2.24) is 20.0 Å². The Bertz CT molecular complexity index is 919. The number of fused-ring (bicyclic) bond motifs is 1. The SMILES string of the molecule is N/C(=C\C=C(/N)N1C[C@]2(N)CNC[C@]2(N)C1)c1ccc(-n2cccn2)cc1O. The predicted octanol–water partition coefficient (Wildman–Crippen LogP) is -1.01. The number of likely N-dealkylation sites (tertiary alicyclic amines) is 1. The molecule has 0 unspecified atom stereocenters. The number of hydrogen-bond acceptors (Lipinski definition) is 8. The van der Waals surface area contributed by atoms with E-state index in [1.807, 2.05) is 17.0 Å². The molecule has 1 aromatic heterocycles. The number of nitrogens with zero attached hydrogens (tertiary/aromatic N) is 3. The van der Waals surface area contributed by atoms with Gasteiger partial charge in [-0.15, -0.1) is 0 Å². The fourth-order valence-corrected chi connectivity index (χ4v) is 3.91. The quantitative estimate of drug-likeness (QED) is 0.367. The summed E-state index contributed by atoms with van der Waals surface area (Å²) in [5.41, 5.74) is 26.0. The number of nitrogens with one attached hydrogen (secondary N) is 1. The predicted molar refractivity (Wildman–Crippen MR) is 108 cm³/mol. The van der Waals surface area contributed by atoms with Gasteiger partial charge in [0.25, 0.3) is 0 Å². The molecule has 2 aliphatic rings. The van der Waals surface area contributed by atoms with Gasteiger partial charge < -0.3 is 38.3 Å². The van der Waals surface area contributed by atoms with Crippen LogP contribution in [0.3, 0.4) is 0 Å². The molecular formula is C19H26N8O. The third kappa shape index (κ3) is 2.99. The second-order valence-corrected chi connectivity index (χ2v) is 7.64. The molecule has 0 spiro atoms. The summed E-state index contributed by atoms with van der Waals surface area (Å²) in [7, 11) is 0. The second kappa shape index (κ2) is 6.55. The molecule has 9 heteroatoms. The van der Waals surface area contributed by atoms with Gasteiger partial charge in [-0.2, -0.15) is 5.10 Å². The van der Waals surface area contributed by atoms with E-state index in [0.717, 1.165) is 5.69 Å². The zero-order valence-electron chi connectivity index (χ0n) is 15.5. The molecule has 9 nitrogen and oxygen atoms in total. The fourth-order valence-electron chi connectivity index (χ4n) is 3.91. The van der Waals surface area contributed by atoms with Crippen molar-refractivity contribution >= 4 is 5.70 Å². The van der Waals surface area contributed by atoms with E-state index in [1.54, 1.807) is 41.4 Å². The van der Waals surface area contributed by atoms with Crippen LogP contribution in [0.15, 0.2) is 54.6 Å². The van der Waals surface area contributed by atoms with Crippen molar-refractivity contribution in [2.24, 2.45) is 22.9 Å². The van der Waals surface area contributed by atoms with E-state index in [2.05, 4.69) is 10.4 Å². The monoisotopic (exact) mass is 382 g/mol. The Kier molecular flexibility index (Phi) is 4.30. The summed E-state index contributed by atoms with van der Waals surface area (Å²) in [6.07, 6.45) is 6.87. The summed E-state index contributed by atoms with van der Waals surface area (Å²) in [5, 5.41) is 17.7. The summed E-state index contributed by atoms with van der Waals surface area (Å²) in [4.78, 5) is 1.98. The van der Waals surface area contributed by atoms with Gasteiger partial charge in [0.15, 0.2) is 0 Å². The molecule has 2 aromatic rings. The van der Waals surface area contributed by atoms with Crippen molar-refractivity contribution in [3.8, 4) is 11.4 Å². The van der Waals surface area contributed by atoms with E-state index in [1.165, 1.54) is 0 Å². The number of allylic oxidation sites excluding steroid dienone is 2. The molecule has 0 bridgehead atoms. The average molecular weight is 382 g/mol. The van der Waals surface area contributed by atoms with E-state index in [9.17, 15) is 5.11 Å². The van der Waals surface area contributed by atoms with Crippen LogP contribution in [-0.2, 0) is 0 Å². The minimum atomic E-state index is -0.499. The molecule has 2 atom stereocenters. The van der Waals surface area contributed by atoms with E-state index >= 15 is 0 Å². The second-order valence-electron chi connectivity index (χ2n) is 7.64. The molecule has 2 aliphatic heterocycles. The van der Waals surface area contributed by atoms with Crippen molar-refractivity contribution in [3.63, 3.8) is 0 Å². The minimum absolute atomic E-state index is 0.0670. The fraction of sp³-hybridized carbons (Fsp3) is 0.316. The van der Waals surface area contributed by atoms with Crippen molar-refractivity contribution in [3.05, 3.63) is 60.2 Å². The first-order valence-electron chi connectivity index (χ1n) is 9.11. The first kappa shape index (κ1) is 18.4. The van der Waals surface area contributed by atoms with Crippen LogP contribution < -0.4 is 28.3 Å². The molecule has 1 aromatic carbocycles. The molecule has 3 heterocycles. The van der Waals surface area contributed by atoms with Crippen LogP contribution >= 0.6 is 0 Å². The van der Waals surface area contributed by atoms with E-state index in [-0.39, 0.29) is 5.75 Å². The number of phenolic OH excluding ortho intramolecular Hbond substituents is 1. The van der Waals surface area contributed by atoms with Crippen molar-refractivity contribution < 1.29 is 5.11 Å². The Morgan fingerprint density at radius 1 is 1.14 bits per heavy atom. The van der Waals surface area contributed by atoms with Crippen LogP contribution in [0.4, 0.5) is 0 Å². The van der Waals surface area contributed by atoms with Gasteiger partial charge in [0.1, 0.15) is 5.75 Å². The van der Waals surface area contributed by atoms with Crippen LogP contribution in [-0.4, -0.2) is 57.0 Å². The maximum Gasteiger partial charge on any atom is 0.127 e. The highest BCUT2D eigenvalue weighted by molar-refractivity contribution is 5.70.